The Bertz CT molecular complexity index is 676. The van der Waals surface area contributed by atoms with Crippen molar-refractivity contribution in [3.05, 3.63) is 35.6 Å². The van der Waals surface area contributed by atoms with E-state index in [1.165, 1.54) is 18.2 Å². The Balaban J connectivity index is 1.82. The monoisotopic (exact) mass is 378 g/mol. The third-order valence-corrected chi connectivity index (χ3v) is 5.31. The van der Waals surface area contributed by atoms with E-state index in [0.29, 0.717) is 32.4 Å². The van der Waals surface area contributed by atoms with Gasteiger partial charge in [0.25, 0.3) is 5.91 Å². The Labute approximate surface area is 159 Å². The topological polar surface area (TPSA) is 67.9 Å². The molecular weight excluding hydrogens is 351 g/mol. The number of ether oxygens (including phenoxy) is 2. The van der Waals surface area contributed by atoms with Crippen LogP contribution in [0.15, 0.2) is 24.3 Å². The minimum Gasteiger partial charge on any atom is -0.385 e. The smallest absolute Gasteiger partial charge is 0.256 e. The highest BCUT2D eigenvalue weighted by Gasteiger charge is 2.52. The minimum absolute atomic E-state index is 0.164. The highest BCUT2D eigenvalue weighted by Crippen LogP contribution is 2.41. The van der Waals surface area contributed by atoms with Crippen LogP contribution >= 0.6 is 0 Å². The average molecular weight is 378 g/mol. The predicted molar refractivity (Wildman–Crippen MR) is 97.6 cm³/mol. The van der Waals surface area contributed by atoms with Gasteiger partial charge in [-0.2, -0.15) is 0 Å². The van der Waals surface area contributed by atoms with Crippen molar-refractivity contribution in [2.75, 3.05) is 26.9 Å². The SMILES string of the molecule is COCCCNC(=O)[C@H]1COC2(CCCCC2)N1C(=O)c1cccc(F)c1. The third kappa shape index (κ3) is 4.30. The summed E-state index contributed by atoms with van der Waals surface area (Å²) in [6, 6.07) is 4.89. The molecule has 0 radical (unpaired) electrons. The first kappa shape index (κ1) is 19.8. The van der Waals surface area contributed by atoms with Crippen molar-refractivity contribution < 1.29 is 23.5 Å². The molecule has 27 heavy (non-hydrogen) atoms. The Morgan fingerprint density at radius 2 is 2.11 bits per heavy atom. The fourth-order valence-electron chi connectivity index (χ4n) is 3.98. The summed E-state index contributed by atoms with van der Waals surface area (Å²) in [5, 5.41) is 2.86. The van der Waals surface area contributed by atoms with E-state index >= 15 is 0 Å². The molecule has 148 valence electrons. The van der Waals surface area contributed by atoms with Crippen LogP contribution in [-0.2, 0) is 14.3 Å². The first-order valence-corrected chi connectivity index (χ1v) is 9.57. The van der Waals surface area contributed by atoms with Crippen LogP contribution in [-0.4, -0.2) is 55.3 Å². The van der Waals surface area contributed by atoms with Crippen molar-refractivity contribution in [1.29, 1.82) is 0 Å². The molecule has 1 atom stereocenters. The van der Waals surface area contributed by atoms with Gasteiger partial charge in [0.2, 0.25) is 5.91 Å². The lowest BCUT2D eigenvalue weighted by Gasteiger charge is -2.41. The highest BCUT2D eigenvalue weighted by atomic mass is 19.1. The lowest BCUT2D eigenvalue weighted by molar-refractivity contribution is -0.127. The van der Waals surface area contributed by atoms with Crippen LogP contribution in [0.3, 0.4) is 0 Å². The fourth-order valence-corrected chi connectivity index (χ4v) is 3.98. The first-order valence-electron chi connectivity index (χ1n) is 9.57. The maximum absolute atomic E-state index is 13.6. The molecule has 2 amide bonds. The maximum Gasteiger partial charge on any atom is 0.256 e. The summed E-state index contributed by atoms with van der Waals surface area (Å²) in [6.45, 7) is 1.19. The van der Waals surface area contributed by atoms with Crippen molar-refractivity contribution in [1.82, 2.24) is 10.2 Å². The van der Waals surface area contributed by atoms with Gasteiger partial charge >= 0.3 is 0 Å². The Hall–Kier alpha value is -1.99. The molecule has 1 aromatic carbocycles. The molecule has 1 saturated heterocycles. The van der Waals surface area contributed by atoms with Gasteiger partial charge < -0.3 is 14.8 Å². The van der Waals surface area contributed by atoms with Crippen molar-refractivity contribution >= 4 is 11.8 Å². The Morgan fingerprint density at radius 1 is 1.33 bits per heavy atom. The van der Waals surface area contributed by atoms with Gasteiger partial charge in [-0.05, 0) is 50.3 Å². The quantitative estimate of drug-likeness (QED) is 0.773. The van der Waals surface area contributed by atoms with Crippen LogP contribution in [0, 0.1) is 5.82 Å². The largest absolute Gasteiger partial charge is 0.385 e. The van der Waals surface area contributed by atoms with Gasteiger partial charge in [-0.15, -0.1) is 0 Å². The van der Waals surface area contributed by atoms with E-state index in [-0.39, 0.29) is 24.0 Å². The minimum atomic E-state index is -0.768. The second-order valence-corrected chi connectivity index (χ2v) is 7.16. The van der Waals surface area contributed by atoms with Crippen molar-refractivity contribution in [3.8, 4) is 0 Å². The zero-order chi connectivity index (χ0) is 19.3. The summed E-state index contributed by atoms with van der Waals surface area (Å²) in [7, 11) is 1.61. The normalized spacial score (nSPS) is 21.4. The molecule has 2 fully saturated rings. The molecule has 1 aromatic rings. The van der Waals surface area contributed by atoms with Crippen LogP contribution < -0.4 is 5.32 Å². The van der Waals surface area contributed by atoms with Crippen molar-refractivity contribution in [2.45, 2.75) is 50.3 Å². The summed E-state index contributed by atoms with van der Waals surface area (Å²) in [5.74, 6) is -1.07. The van der Waals surface area contributed by atoms with Crippen molar-refractivity contribution in [3.63, 3.8) is 0 Å². The third-order valence-electron chi connectivity index (χ3n) is 5.31. The van der Waals surface area contributed by atoms with Gasteiger partial charge in [0.1, 0.15) is 17.6 Å². The molecule has 2 aliphatic rings. The summed E-state index contributed by atoms with van der Waals surface area (Å²) in [4.78, 5) is 27.6. The molecule has 6 nitrogen and oxygen atoms in total. The highest BCUT2D eigenvalue weighted by molar-refractivity contribution is 5.98. The average Bonchev–Trinajstić information content (AvgIpc) is 3.03. The van der Waals surface area contributed by atoms with E-state index in [1.54, 1.807) is 18.1 Å². The molecule has 1 heterocycles. The summed E-state index contributed by atoms with van der Waals surface area (Å²) >= 11 is 0. The van der Waals surface area contributed by atoms with E-state index in [1.807, 2.05) is 0 Å². The molecule has 1 aliphatic heterocycles. The standard InChI is InChI=1S/C20H27FN2O4/c1-26-12-6-11-22-18(24)17-14-27-20(9-3-2-4-10-20)23(17)19(25)15-7-5-8-16(21)13-15/h5,7-8,13,17H,2-4,6,9-12,14H2,1H3,(H,22,24)/t17-/m1/s1. The molecule has 0 aromatic heterocycles. The maximum atomic E-state index is 13.6. The number of carbonyl (C=O) groups is 2. The van der Waals surface area contributed by atoms with Gasteiger partial charge in [-0.1, -0.05) is 12.5 Å². The number of carbonyl (C=O) groups excluding carboxylic acids is 2. The van der Waals surface area contributed by atoms with E-state index < -0.39 is 17.6 Å². The lowest BCUT2D eigenvalue weighted by atomic mass is 9.89. The number of hydrogen-bond acceptors (Lipinski definition) is 4. The number of hydrogen-bond donors (Lipinski definition) is 1. The molecule has 7 heteroatoms. The summed E-state index contributed by atoms with van der Waals surface area (Å²) in [5.41, 5.74) is -0.529. The zero-order valence-electron chi connectivity index (χ0n) is 15.7. The number of halogens is 1. The summed E-state index contributed by atoms with van der Waals surface area (Å²) < 4.78 is 24.7. The van der Waals surface area contributed by atoms with Gasteiger partial charge in [-0.3, -0.25) is 14.5 Å². The molecule has 0 bridgehead atoms. The van der Waals surface area contributed by atoms with E-state index in [4.69, 9.17) is 9.47 Å². The van der Waals surface area contributed by atoms with Crippen LogP contribution in [0.4, 0.5) is 4.39 Å². The van der Waals surface area contributed by atoms with E-state index in [9.17, 15) is 14.0 Å². The van der Waals surface area contributed by atoms with E-state index in [2.05, 4.69) is 5.32 Å². The number of rotatable bonds is 6. The van der Waals surface area contributed by atoms with E-state index in [0.717, 1.165) is 19.3 Å². The molecule has 3 rings (SSSR count). The number of nitrogens with one attached hydrogen (secondary N) is 1. The first-order chi connectivity index (χ1) is 13.1. The molecule has 1 N–H and O–H groups in total. The number of amides is 2. The van der Waals surface area contributed by atoms with Gasteiger partial charge in [0, 0.05) is 25.8 Å². The number of nitrogens with zero attached hydrogens (tertiary/aromatic N) is 1. The van der Waals surface area contributed by atoms with Crippen molar-refractivity contribution in [2.24, 2.45) is 0 Å². The summed E-state index contributed by atoms with van der Waals surface area (Å²) in [6.07, 6.45) is 5.05. The predicted octanol–water partition coefficient (Wildman–Crippen LogP) is 2.48. The van der Waals surface area contributed by atoms with Gasteiger partial charge in [-0.25, -0.2) is 4.39 Å². The molecule has 1 aliphatic carbocycles. The fraction of sp³-hybridized carbons (Fsp3) is 0.600. The second-order valence-electron chi connectivity index (χ2n) is 7.16. The van der Waals surface area contributed by atoms with Gasteiger partial charge in [0.05, 0.1) is 6.61 Å². The number of methoxy groups -OCH3 is 1. The van der Waals surface area contributed by atoms with Crippen LogP contribution in [0.5, 0.6) is 0 Å². The Kier molecular flexibility index (Phi) is 6.44. The lowest BCUT2D eigenvalue weighted by Crippen LogP contribution is -2.56. The van der Waals surface area contributed by atoms with Crippen LogP contribution in [0.2, 0.25) is 0 Å². The van der Waals surface area contributed by atoms with Gasteiger partial charge in [0.15, 0.2) is 0 Å². The Morgan fingerprint density at radius 3 is 2.81 bits per heavy atom. The van der Waals surface area contributed by atoms with Crippen LogP contribution in [0.1, 0.15) is 48.9 Å². The van der Waals surface area contributed by atoms with Crippen LogP contribution in [0.25, 0.3) is 0 Å². The zero-order valence-corrected chi connectivity index (χ0v) is 15.7. The molecule has 0 unspecified atom stereocenters. The molecule has 1 spiro atoms. The molecule has 1 saturated carbocycles. The number of benzene rings is 1. The molecular formula is C20H27FN2O4. The second kappa shape index (κ2) is 8.80.